The van der Waals surface area contributed by atoms with Crippen LogP contribution in [0.3, 0.4) is 0 Å². The van der Waals surface area contributed by atoms with Gasteiger partial charge >= 0.3 is 0 Å². The molecule has 0 fully saturated rings. The van der Waals surface area contributed by atoms with Crippen molar-refractivity contribution in [2.45, 2.75) is 6.42 Å². The summed E-state index contributed by atoms with van der Waals surface area (Å²) in [4.78, 5) is 1.51. The maximum Gasteiger partial charge on any atom is 0.0352 e. The molecule has 0 N–H and O–H groups in total. The van der Waals surface area contributed by atoms with Gasteiger partial charge in [-0.2, -0.15) is 0 Å². The molecule has 0 nitrogen and oxygen atoms in total. The van der Waals surface area contributed by atoms with Gasteiger partial charge in [0.25, 0.3) is 0 Å². The molecule has 2 aromatic rings. The zero-order chi connectivity index (χ0) is 8.84. The fourth-order valence-corrected chi connectivity index (χ4v) is 3.27. The van der Waals surface area contributed by atoms with Gasteiger partial charge in [0.15, 0.2) is 0 Å². The van der Waals surface area contributed by atoms with Crippen molar-refractivity contribution in [2.75, 3.05) is 0 Å². The van der Waals surface area contributed by atoms with Gasteiger partial charge in [-0.25, -0.2) is 0 Å². The van der Waals surface area contributed by atoms with Crippen LogP contribution in [0.25, 0.3) is 16.2 Å². The summed E-state index contributed by atoms with van der Waals surface area (Å²) >= 11 is 5.42. The highest BCUT2D eigenvalue weighted by Crippen LogP contribution is 2.37. The SMILES string of the molecule is Brc1ccc2sc3c(c2c1)C=CC3. The Morgan fingerprint density at radius 1 is 1.31 bits per heavy atom. The first-order valence-corrected chi connectivity index (χ1v) is 5.83. The second kappa shape index (κ2) is 2.69. The van der Waals surface area contributed by atoms with Crippen molar-refractivity contribution in [3.05, 3.63) is 39.2 Å². The first-order chi connectivity index (χ1) is 6.34. The van der Waals surface area contributed by atoms with Crippen molar-refractivity contribution in [2.24, 2.45) is 0 Å². The minimum atomic E-state index is 1.12. The molecule has 0 aliphatic heterocycles. The largest absolute Gasteiger partial charge is 0.139 e. The quantitative estimate of drug-likeness (QED) is 0.657. The average Bonchev–Trinajstić information content (AvgIpc) is 2.64. The molecule has 64 valence electrons. The van der Waals surface area contributed by atoms with E-state index in [1.165, 1.54) is 25.0 Å². The normalized spacial score (nSPS) is 13.9. The van der Waals surface area contributed by atoms with Crippen LogP contribution < -0.4 is 0 Å². The van der Waals surface area contributed by atoms with Gasteiger partial charge in [-0.1, -0.05) is 28.1 Å². The van der Waals surface area contributed by atoms with Crippen molar-refractivity contribution in [3.63, 3.8) is 0 Å². The predicted molar refractivity (Wildman–Crippen MR) is 62.3 cm³/mol. The first-order valence-electron chi connectivity index (χ1n) is 4.22. The first kappa shape index (κ1) is 7.77. The Morgan fingerprint density at radius 2 is 2.23 bits per heavy atom. The van der Waals surface area contributed by atoms with Gasteiger partial charge in [0.05, 0.1) is 0 Å². The van der Waals surface area contributed by atoms with E-state index in [2.05, 4.69) is 46.3 Å². The molecule has 3 rings (SSSR count). The summed E-state index contributed by atoms with van der Waals surface area (Å²) in [5.41, 5.74) is 1.43. The van der Waals surface area contributed by atoms with Crippen LogP contribution >= 0.6 is 27.3 Å². The maximum atomic E-state index is 3.51. The molecule has 1 aliphatic carbocycles. The minimum Gasteiger partial charge on any atom is -0.139 e. The number of rotatable bonds is 0. The molecule has 0 saturated carbocycles. The lowest BCUT2D eigenvalue weighted by Gasteiger charge is -1.92. The molecule has 0 unspecified atom stereocenters. The molecule has 0 bridgehead atoms. The second-order valence-electron chi connectivity index (χ2n) is 3.19. The molecule has 0 spiro atoms. The van der Waals surface area contributed by atoms with Crippen molar-refractivity contribution in [1.82, 2.24) is 0 Å². The second-order valence-corrected chi connectivity index (χ2v) is 5.24. The Hall–Kier alpha value is -0.600. The van der Waals surface area contributed by atoms with Crippen LogP contribution in [-0.4, -0.2) is 0 Å². The predicted octanol–water partition coefficient (Wildman–Crippen LogP) is 4.23. The van der Waals surface area contributed by atoms with Crippen molar-refractivity contribution < 1.29 is 0 Å². The van der Waals surface area contributed by atoms with Crippen LogP contribution in [0.5, 0.6) is 0 Å². The van der Waals surface area contributed by atoms with Gasteiger partial charge in [-0.05, 0) is 23.8 Å². The molecule has 1 heterocycles. The lowest BCUT2D eigenvalue weighted by atomic mass is 10.2. The summed E-state index contributed by atoms with van der Waals surface area (Å²) in [6.07, 6.45) is 5.59. The third-order valence-electron chi connectivity index (χ3n) is 2.35. The molecule has 2 heteroatoms. The topological polar surface area (TPSA) is 0 Å². The zero-order valence-electron chi connectivity index (χ0n) is 6.88. The lowest BCUT2D eigenvalue weighted by Crippen LogP contribution is -1.69. The van der Waals surface area contributed by atoms with E-state index in [-0.39, 0.29) is 0 Å². The highest BCUT2D eigenvalue weighted by molar-refractivity contribution is 9.10. The number of fused-ring (bicyclic) bond motifs is 3. The summed E-state index contributed by atoms with van der Waals surface area (Å²) < 4.78 is 2.57. The molecule has 0 saturated heterocycles. The standard InChI is InChI=1S/C11H7BrS/c12-7-4-5-11-9(6-7)8-2-1-3-10(8)13-11/h1-2,4-6H,3H2. The maximum absolute atomic E-state index is 3.51. The fraction of sp³-hybridized carbons (Fsp3) is 0.0909. The molecule has 0 radical (unpaired) electrons. The average molecular weight is 251 g/mol. The fourth-order valence-electron chi connectivity index (χ4n) is 1.76. The van der Waals surface area contributed by atoms with E-state index in [0.717, 1.165) is 6.42 Å². The number of hydrogen-bond donors (Lipinski definition) is 0. The van der Waals surface area contributed by atoms with Crippen LogP contribution in [0.15, 0.2) is 28.7 Å². The van der Waals surface area contributed by atoms with E-state index in [1.54, 1.807) is 0 Å². The highest BCUT2D eigenvalue weighted by Gasteiger charge is 2.12. The molecular formula is C11H7BrS. The van der Waals surface area contributed by atoms with Gasteiger partial charge in [-0.3, -0.25) is 0 Å². The third-order valence-corrected chi connectivity index (χ3v) is 4.06. The van der Waals surface area contributed by atoms with Gasteiger partial charge in [0.1, 0.15) is 0 Å². The molecule has 1 aliphatic rings. The Morgan fingerprint density at radius 3 is 3.15 bits per heavy atom. The van der Waals surface area contributed by atoms with Crippen molar-refractivity contribution in [1.29, 1.82) is 0 Å². The van der Waals surface area contributed by atoms with Crippen LogP contribution in [0.2, 0.25) is 0 Å². The number of hydrogen-bond acceptors (Lipinski definition) is 1. The Labute approximate surface area is 89.0 Å². The number of allylic oxidation sites excluding steroid dienone is 1. The highest BCUT2D eigenvalue weighted by atomic mass is 79.9. The van der Waals surface area contributed by atoms with E-state index in [1.807, 2.05) is 11.3 Å². The van der Waals surface area contributed by atoms with Crippen LogP contribution in [0.4, 0.5) is 0 Å². The zero-order valence-corrected chi connectivity index (χ0v) is 9.28. The molecular weight excluding hydrogens is 244 g/mol. The van der Waals surface area contributed by atoms with Crippen molar-refractivity contribution in [3.8, 4) is 0 Å². The Bertz CT molecular complexity index is 508. The summed E-state index contributed by atoms with van der Waals surface area (Å²) in [6.45, 7) is 0. The van der Waals surface area contributed by atoms with Crippen molar-refractivity contribution >= 4 is 43.4 Å². The Kier molecular flexibility index (Phi) is 1.61. The van der Waals surface area contributed by atoms with E-state index in [4.69, 9.17) is 0 Å². The van der Waals surface area contributed by atoms with E-state index in [9.17, 15) is 0 Å². The van der Waals surface area contributed by atoms with Gasteiger partial charge in [0.2, 0.25) is 0 Å². The molecule has 13 heavy (non-hydrogen) atoms. The number of thiophene rings is 1. The smallest absolute Gasteiger partial charge is 0.0352 e. The Balaban J connectivity index is 2.46. The van der Waals surface area contributed by atoms with Crippen LogP contribution in [-0.2, 0) is 6.42 Å². The van der Waals surface area contributed by atoms with E-state index >= 15 is 0 Å². The molecule has 1 aromatic heterocycles. The van der Waals surface area contributed by atoms with Crippen LogP contribution in [0, 0.1) is 0 Å². The monoisotopic (exact) mass is 250 g/mol. The van der Waals surface area contributed by atoms with E-state index < -0.39 is 0 Å². The minimum absolute atomic E-state index is 1.12. The summed E-state index contributed by atoms with van der Waals surface area (Å²) in [5, 5.41) is 1.39. The third kappa shape index (κ3) is 1.09. The summed E-state index contributed by atoms with van der Waals surface area (Å²) in [7, 11) is 0. The number of halogens is 1. The number of benzene rings is 1. The summed E-state index contributed by atoms with van der Waals surface area (Å²) in [5.74, 6) is 0. The molecule has 0 amide bonds. The molecule has 0 atom stereocenters. The van der Waals surface area contributed by atoms with E-state index in [0.29, 0.717) is 0 Å². The lowest BCUT2D eigenvalue weighted by molar-refractivity contribution is 1.40. The van der Waals surface area contributed by atoms with Gasteiger partial charge < -0.3 is 0 Å². The van der Waals surface area contributed by atoms with Crippen LogP contribution in [0.1, 0.15) is 10.4 Å². The molecule has 1 aromatic carbocycles. The van der Waals surface area contributed by atoms with Gasteiger partial charge in [-0.15, -0.1) is 11.3 Å². The summed E-state index contributed by atoms with van der Waals surface area (Å²) in [6, 6.07) is 6.51. The van der Waals surface area contributed by atoms with Gasteiger partial charge in [0, 0.05) is 25.9 Å².